The van der Waals surface area contributed by atoms with Crippen molar-refractivity contribution in [3.63, 3.8) is 0 Å². The standard InChI is InChI=1S/C15H22FNO2/c1-2-3-4-5-6-7-10-19-15(18)12-8-9-14(17)13(16)11-12/h8-9,11H,2-7,10,17H2,1H3. The third-order valence-corrected chi connectivity index (χ3v) is 2.97. The Morgan fingerprint density at radius 2 is 1.89 bits per heavy atom. The predicted octanol–water partition coefficient (Wildman–Crippen LogP) is 3.93. The Kier molecular flexibility index (Phi) is 6.93. The Hall–Kier alpha value is -1.58. The van der Waals surface area contributed by atoms with Crippen molar-refractivity contribution in [2.75, 3.05) is 12.3 Å². The maximum Gasteiger partial charge on any atom is 0.338 e. The Balaban J connectivity index is 2.22. The van der Waals surface area contributed by atoms with Crippen molar-refractivity contribution in [1.82, 2.24) is 0 Å². The molecule has 1 rings (SSSR count). The van der Waals surface area contributed by atoms with E-state index in [0.29, 0.717) is 6.61 Å². The number of anilines is 1. The quantitative estimate of drug-likeness (QED) is 0.441. The molecule has 0 amide bonds. The lowest BCUT2D eigenvalue weighted by Gasteiger charge is -2.05. The molecule has 0 aliphatic carbocycles. The van der Waals surface area contributed by atoms with Crippen LogP contribution in [0.1, 0.15) is 55.8 Å². The van der Waals surface area contributed by atoms with Crippen LogP contribution in [0.3, 0.4) is 0 Å². The minimum absolute atomic E-state index is 0.0347. The summed E-state index contributed by atoms with van der Waals surface area (Å²) in [5, 5.41) is 0. The molecule has 1 aromatic carbocycles. The maximum absolute atomic E-state index is 13.2. The monoisotopic (exact) mass is 267 g/mol. The normalized spacial score (nSPS) is 10.4. The molecule has 0 unspecified atom stereocenters. The Labute approximate surface area is 113 Å². The van der Waals surface area contributed by atoms with Gasteiger partial charge in [-0.15, -0.1) is 0 Å². The van der Waals surface area contributed by atoms with Gasteiger partial charge in [-0.2, -0.15) is 0 Å². The van der Waals surface area contributed by atoms with Gasteiger partial charge in [-0.05, 0) is 24.6 Å². The second-order valence-electron chi connectivity index (χ2n) is 4.64. The fraction of sp³-hybridized carbons (Fsp3) is 0.533. The SMILES string of the molecule is CCCCCCCCOC(=O)c1ccc(N)c(F)c1. The number of nitrogens with two attached hydrogens (primary N) is 1. The average molecular weight is 267 g/mol. The molecule has 0 saturated heterocycles. The van der Waals surface area contributed by atoms with Gasteiger partial charge in [-0.1, -0.05) is 39.0 Å². The van der Waals surface area contributed by atoms with Crippen LogP contribution >= 0.6 is 0 Å². The van der Waals surface area contributed by atoms with E-state index in [1.807, 2.05) is 0 Å². The summed E-state index contributed by atoms with van der Waals surface area (Å²) in [6.45, 7) is 2.56. The second-order valence-corrected chi connectivity index (χ2v) is 4.64. The third-order valence-electron chi connectivity index (χ3n) is 2.97. The van der Waals surface area contributed by atoms with Crippen LogP contribution in [0.5, 0.6) is 0 Å². The molecule has 3 nitrogen and oxygen atoms in total. The zero-order chi connectivity index (χ0) is 14.1. The summed E-state index contributed by atoms with van der Waals surface area (Å²) in [5.41, 5.74) is 5.58. The molecule has 0 heterocycles. The number of ether oxygens (including phenoxy) is 1. The van der Waals surface area contributed by atoms with Gasteiger partial charge < -0.3 is 10.5 Å². The van der Waals surface area contributed by atoms with Crippen molar-refractivity contribution in [3.8, 4) is 0 Å². The molecule has 1 aromatic rings. The van der Waals surface area contributed by atoms with Crippen LogP contribution in [0.25, 0.3) is 0 Å². The topological polar surface area (TPSA) is 52.3 Å². The van der Waals surface area contributed by atoms with E-state index in [4.69, 9.17) is 10.5 Å². The van der Waals surface area contributed by atoms with Crippen molar-refractivity contribution in [1.29, 1.82) is 0 Å². The molecule has 2 N–H and O–H groups in total. The molecule has 0 aromatic heterocycles. The Morgan fingerprint density at radius 1 is 1.21 bits per heavy atom. The summed E-state index contributed by atoms with van der Waals surface area (Å²) in [6.07, 6.45) is 6.79. The van der Waals surface area contributed by atoms with Crippen LogP contribution < -0.4 is 5.73 Å². The van der Waals surface area contributed by atoms with Crippen molar-refractivity contribution in [2.24, 2.45) is 0 Å². The summed E-state index contributed by atoms with van der Waals surface area (Å²) < 4.78 is 18.3. The van der Waals surface area contributed by atoms with E-state index < -0.39 is 11.8 Å². The minimum Gasteiger partial charge on any atom is -0.462 e. The molecule has 19 heavy (non-hydrogen) atoms. The largest absolute Gasteiger partial charge is 0.462 e. The number of hydrogen-bond donors (Lipinski definition) is 1. The van der Waals surface area contributed by atoms with Crippen molar-refractivity contribution in [2.45, 2.75) is 45.4 Å². The molecule has 0 saturated carbocycles. The maximum atomic E-state index is 13.2. The van der Waals surface area contributed by atoms with Gasteiger partial charge in [0.05, 0.1) is 17.9 Å². The second kappa shape index (κ2) is 8.51. The zero-order valence-corrected chi connectivity index (χ0v) is 11.5. The van der Waals surface area contributed by atoms with Gasteiger partial charge in [-0.3, -0.25) is 0 Å². The van der Waals surface area contributed by atoms with Crippen LogP contribution in [0, 0.1) is 5.82 Å². The molecule has 0 atom stereocenters. The van der Waals surface area contributed by atoms with Crippen LogP contribution in [-0.4, -0.2) is 12.6 Å². The van der Waals surface area contributed by atoms with Gasteiger partial charge in [-0.25, -0.2) is 9.18 Å². The van der Waals surface area contributed by atoms with E-state index in [2.05, 4.69) is 6.92 Å². The number of rotatable bonds is 8. The van der Waals surface area contributed by atoms with E-state index in [1.54, 1.807) is 0 Å². The van der Waals surface area contributed by atoms with Crippen molar-refractivity contribution >= 4 is 11.7 Å². The number of carbonyl (C=O) groups is 1. The summed E-state index contributed by atoms with van der Waals surface area (Å²) >= 11 is 0. The number of carbonyl (C=O) groups excluding carboxylic acids is 1. The lowest BCUT2D eigenvalue weighted by atomic mass is 10.1. The molecule has 0 fully saturated rings. The molecule has 0 aliphatic heterocycles. The highest BCUT2D eigenvalue weighted by atomic mass is 19.1. The number of esters is 1. The summed E-state index contributed by atoms with van der Waals surface area (Å²) in [6, 6.07) is 3.96. The van der Waals surface area contributed by atoms with Gasteiger partial charge in [0.15, 0.2) is 0 Å². The number of unbranched alkanes of at least 4 members (excludes halogenated alkanes) is 5. The molecule has 0 bridgehead atoms. The van der Waals surface area contributed by atoms with Gasteiger partial charge in [0.25, 0.3) is 0 Å². The van der Waals surface area contributed by atoms with Gasteiger partial charge in [0.2, 0.25) is 0 Å². The van der Waals surface area contributed by atoms with E-state index in [0.717, 1.165) is 18.9 Å². The van der Waals surface area contributed by atoms with E-state index in [9.17, 15) is 9.18 Å². The van der Waals surface area contributed by atoms with Gasteiger partial charge in [0.1, 0.15) is 5.82 Å². The van der Waals surface area contributed by atoms with Crippen LogP contribution in [0.15, 0.2) is 18.2 Å². The first-order valence-electron chi connectivity index (χ1n) is 6.87. The summed E-state index contributed by atoms with van der Waals surface area (Å²) in [5.74, 6) is -1.08. The highest BCUT2D eigenvalue weighted by Gasteiger charge is 2.09. The molecule has 4 heteroatoms. The van der Waals surface area contributed by atoms with E-state index in [-0.39, 0.29) is 11.3 Å². The van der Waals surface area contributed by atoms with Crippen molar-refractivity contribution in [3.05, 3.63) is 29.6 Å². The number of hydrogen-bond acceptors (Lipinski definition) is 3. The Morgan fingerprint density at radius 3 is 2.58 bits per heavy atom. The smallest absolute Gasteiger partial charge is 0.338 e. The summed E-state index contributed by atoms with van der Waals surface area (Å²) in [7, 11) is 0. The predicted molar refractivity (Wildman–Crippen MR) is 74.5 cm³/mol. The van der Waals surface area contributed by atoms with E-state index >= 15 is 0 Å². The molecule has 0 aliphatic rings. The minimum atomic E-state index is -0.589. The van der Waals surface area contributed by atoms with Gasteiger partial charge >= 0.3 is 5.97 Å². The lowest BCUT2D eigenvalue weighted by Crippen LogP contribution is -2.07. The van der Waals surface area contributed by atoms with Crippen LogP contribution in [0.4, 0.5) is 10.1 Å². The number of benzene rings is 1. The fourth-order valence-corrected chi connectivity index (χ4v) is 1.78. The van der Waals surface area contributed by atoms with Crippen molar-refractivity contribution < 1.29 is 13.9 Å². The van der Waals surface area contributed by atoms with Crippen LogP contribution in [-0.2, 0) is 4.74 Å². The number of nitrogen functional groups attached to an aromatic ring is 1. The summed E-state index contributed by atoms with van der Waals surface area (Å²) in [4.78, 5) is 11.6. The van der Waals surface area contributed by atoms with Gasteiger partial charge in [0, 0.05) is 0 Å². The van der Waals surface area contributed by atoms with Crippen LogP contribution in [0.2, 0.25) is 0 Å². The molecular formula is C15H22FNO2. The first-order valence-corrected chi connectivity index (χ1v) is 6.87. The molecular weight excluding hydrogens is 245 g/mol. The molecule has 0 radical (unpaired) electrons. The molecule has 106 valence electrons. The fourth-order valence-electron chi connectivity index (χ4n) is 1.78. The highest BCUT2D eigenvalue weighted by Crippen LogP contribution is 2.13. The number of halogens is 1. The first-order chi connectivity index (χ1) is 9.15. The molecule has 0 spiro atoms. The first kappa shape index (κ1) is 15.5. The Bertz CT molecular complexity index is 407. The van der Waals surface area contributed by atoms with E-state index in [1.165, 1.54) is 37.8 Å². The third kappa shape index (κ3) is 5.73. The lowest BCUT2D eigenvalue weighted by molar-refractivity contribution is 0.0497. The highest BCUT2D eigenvalue weighted by molar-refractivity contribution is 5.89. The zero-order valence-electron chi connectivity index (χ0n) is 11.5. The average Bonchev–Trinajstić information content (AvgIpc) is 2.40.